The maximum absolute atomic E-state index is 13.3. The van der Waals surface area contributed by atoms with Gasteiger partial charge < -0.3 is 14.8 Å². The van der Waals surface area contributed by atoms with Gasteiger partial charge in [-0.05, 0) is 74.2 Å². The summed E-state index contributed by atoms with van der Waals surface area (Å²) in [6, 6.07) is 13.8. The van der Waals surface area contributed by atoms with Crippen molar-refractivity contribution in [2.75, 3.05) is 24.3 Å². The fourth-order valence-electron chi connectivity index (χ4n) is 3.70. The molecule has 0 atom stereocenters. The van der Waals surface area contributed by atoms with Crippen LogP contribution in [0.5, 0.6) is 11.5 Å². The maximum atomic E-state index is 13.3. The lowest BCUT2D eigenvalue weighted by molar-refractivity contribution is 0.102. The normalized spacial score (nSPS) is 11.1. The van der Waals surface area contributed by atoms with Gasteiger partial charge in [0.25, 0.3) is 15.9 Å². The van der Waals surface area contributed by atoms with E-state index in [9.17, 15) is 13.2 Å². The van der Waals surface area contributed by atoms with Crippen LogP contribution in [0.2, 0.25) is 0 Å². The van der Waals surface area contributed by atoms with E-state index >= 15 is 0 Å². The third-order valence-corrected chi connectivity index (χ3v) is 7.20. The van der Waals surface area contributed by atoms with Crippen molar-refractivity contribution in [1.29, 1.82) is 0 Å². The molecule has 0 aliphatic carbocycles. The number of sulfonamides is 1. The first-order chi connectivity index (χ1) is 15.6. The molecule has 0 bridgehead atoms. The Balaban J connectivity index is 1.97. The highest BCUT2D eigenvalue weighted by Gasteiger charge is 2.24. The highest BCUT2D eigenvalue weighted by atomic mass is 32.2. The highest BCUT2D eigenvalue weighted by Crippen LogP contribution is 2.36. The summed E-state index contributed by atoms with van der Waals surface area (Å²) in [5.41, 5.74) is 3.94. The number of aryl methyl sites for hydroxylation is 2. The molecule has 3 aromatic rings. The first-order valence-corrected chi connectivity index (χ1v) is 11.8. The van der Waals surface area contributed by atoms with Gasteiger partial charge in [-0.2, -0.15) is 0 Å². The summed E-state index contributed by atoms with van der Waals surface area (Å²) in [7, 11) is -0.925. The Hall–Kier alpha value is -3.52. The van der Waals surface area contributed by atoms with Crippen LogP contribution >= 0.6 is 0 Å². The Morgan fingerprint density at radius 2 is 1.42 bits per heavy atom. The molecule has 0 saturated heterocycles. The molecule has 3 rings (SSSR count). The summed E-state index contributed by atoms with van der Waals surface area (Å²) in [6.45, 7) is 7.09. The smallest absolute Gasteiger partial charge is 0.262 e. The second kappa shape index (κ2) is 9.54. The van der Waals surface area contributed by atoms with Crippen molar-refractivity contribution in [3.05, 3.63) is 76.3 Å². The van der Waals surface area contributed by atoms with E-state index in [1.165, 1.54) is 7.11 Å². The molecule has 0 spiro atoms. The quantitative estimate of drug-likeness (QED) is 0.509. The lowest BCUT2D eigenvalue weighted by Crippen LogP contribution is -2.18. The molecule has 3 aromatic carbocycles. The van der Waals surface area contributed by atoms with Gasteiger partial charge in [-0.1, -0.05) is 18.2 Å². The molecule has 0 radical (unpaired) electrons. The van der Waals surface area contributed by atoms with E-state index in [-0.39, 0.29) is 22.2 Å². The minimum atomic E-state index is -3.92. The standard InChI is InChI=1S/C25H28N2O5S/c1-15-12-21(23(32-6)14-20(15)26-25(28)19-10-8-7-9-11-19)27-33(29,30)24-16(2)13-22(31-5)17(3)18(24)4/h7-14,27H,1-6H3,(H,26,28). The average molecular weight is 469 g/mol. The van der Waals surface area contributed by atoms with Crippen molar-refractivity contribution in [2.24, 2.45) is 0 Å². The van der Waals surface area contributed by atoms with Crippen LogP contribution in [0.3, 0.4) is 0 Å². The van der Waals surface area contributed by atoms with Gasteiger partial charge in [-0.25, -0.2) is 8.42 Å². The Morgan fingerprint density at radius 1 is 0.788 bits per heavy atom. The lowest BCUT2D eigenvalue weighted by atomic mass is 10.1. The minimum absolute atomic E-state index is 0.196. The summed E-state index contributed by atoms with van der Waals surface area (Å²) in [6.07, 6.45) is 0. The second-order valence-electron chi connectivity index (χ2n) is 7.77. The van der Waals surface area contributed by atoms with Gasteiger partial charge >= 0.3 is 0 Å². The molecule has 174 valence electrons. The highest BCUT2D eigenvalue weighted by molar-refractivity contribution is 7.92. The van der Waals surface area contributed by atoms with Crippen molar-refractivity contribution in [3.63, 3.8) is 0 Å². The summed E-state index contributed by atoms with van der Waals surface area (Å²) < 4.78 is 40.1. The minimum Gasteiger partial charge on any atom is -0.496 e. The number of methoxy groups -OCH3 is 2. The van der Waals surface area contributed by atoms with E-state index < -0.39 is 10.0 Å². The third-order valence-electron chi connectivity index (χ3n) is 5.54. The molecule has 2 N–H and O–H groups in total. The Kier molecular flexibility index (Phi) is 6.98. The largest absolute Gasteiger partial charge is 0.496 e. The van der Waals surface area contributed by atoms with E-state index in [1.807, 2.05) is 13.0 Å². The monoisotopic (exact) mass is 468 g/mol. The number of benzene rings is 3. The molecule has 0 aliphatic rings. The SMILES string of the molecule is COc1cc(NC(=O)c2ccccc2)c(C)cc1NS(=O)(=O)c1c(C)cc(OC)c(C)c1C. The number of amides is 1. The van der Waals surface area contributed by atoms with Crippen molar-refractivity contribution in [2.45, 2.75) is 32.6 Å². The number of carbonyl (C=O) groups is 1. The summed E-state index contributed by atoms with van der Waals surface area (Å²) in [4.78, 5) is 12.7. The van der Waals surface area contributed by atoms with Crippen LogP contribution in [0.1, 0.15) is 32.6 Å². The van der Waals surface area contributed by atoms with Crippen molar-refractivity contribution in [1.82, 2.24) is 0 Å². The van der Waals surface area contributed by atoms with Crippen LogP contribution in [0.15, 0.2) is 53.4 Å². The molecule has 0 saturated carbocycles. The number of anilines is 2. The van der Waals surface area contributed by atoms with Gasteiger partial charge in [-0.15, -0.1) is 0 Å². The van der Waals surface area contributed by atoms with Crippen molar-refractivity contribution < 1.29 is 22.7 Å². The van der Waals surface area contributed by atoms with E-state index in [0.29, 0.717) is 33.7 Å². The summed E-state index contributed by atoms with van der Waals surface area (Å²) in [5, 5.41) is 2.85. The maximum Gasteiger partial charge on any atom is 0.262 e. The molecule has 8 heteroatoms. The van der Waals surface area contributed by atoms with Crippen LogP contribution in [0.25, 0.3) is 0 Å². The third kappa shape index (κ3) is 4.96. The van der Waals surface area contributed by atoms with Crippen LogP contribution in [0, 0.1) is 27.7 Å². The number of ether oxygens (including phenoxy) is 2. The van der Waals surface area contributed by atoms with Crippen LogP contribution < -0.4 is 19.5 Å². The predicted molar refractivity (Wildman–Crippen MR) is 130 cm³/mol. The van der Waals surface area contributed by atoms with Crippen molar-refractivity contribution >= 4 is 27.3 Å². The van der Waals surface area contributed by atoms with Crippen LogP contribution in [0.4, 0.5) is 11.4 Å². The lowest BCUT2D eigenvalue weighted by Gasteiger charge is -2.19. The first kappa shape index (κ1) is 24.1. The van der Waals surface area contributed by atoms with Crippen LogP contribution in [-0.2, 0) is 10.0 Å². The molecule has 33 heavy (non-hydrogen) atoms. The molecule has 1 amide bonds. The fraction of sp³-hybridized carbons (Fsp3) is 0.240. The molecule has 0 fully saturated rings. The topological polar surface area (TPSA) is 93.7 Å². The van der Waals surface area contributed by atoms with E-state index in [0.717, 1.165) is 5.56 Å². The molecular weight excluding hydrogens is 440 g/mol. The van der Waals surface area contributed by atoms with Gasteiger partial charge in [0, 0.05) is 17.3 Å². The molecule has 0 aromatic heterocycles. The number of hydrogen-bond donors (Lipinski definition) is 2. The van der Waals surface area contributed by atoms with E-state index in [4.69, 9.17) is 9.47 Å². The fourth-order valence-corrected chi connectivity index (χ4v) is 5.29. The van der Waals surface area contributed by atoms with Gasteiger partial charge in [0.15, 0.2) is 0 Å². The molecule has 7 nitrogen and oxygen atoms in total. The Bertz CT molecular complexity index is 1300. The number of nitrogens with one attached hydrogen (secondary N) is 2. The Labute approximate surface area is 194 Å². The Morgan fingerprint density at radius 3 is 2.03 bits per heavy atom. The zero-order valence-electron chi connectivity index (χ0n) is 19.6. The number of rotatable bonds is 7. The molecule has 0 aliphatic heterocycles. The van der Waals surface area contributed by atoms with Gasteiger partial charge in [0.05, 0.1) is 24.8 Å². The predicted octanol–water partition coefficient (Wildman–Crippen LogP) is 4.99. The van der Waals surface area contributed by atoms with E-state index in [1.54, 1.807) is 70.3 Å². The van der Waals surface area contributed by atoms with E-state index in [2.05, 4.69) is 10.0 Å². The molecule has 0 unspecified atom stereocenters. The summed E-state index contributed by atoms with van der Waals surface area (Å²) >= 11 is 0. The van der Waals surface area contributed by atoms with Gasteiger partial charge in [0.1, 0.15) is 11.5 Å². The number of hydrogen-bond acceptors (Lipinski definition) is 5. The van der Waals surface area contributed by atoms with Gasteiger partial charge in [0.2, 0.25) is 0 Å². The second-order valence-corrected chi connectivity index (χ2v) is 9.39. The molecular formula is C25H28N2O5S. The summed E-state index contributed by atoms with van der Waals surface area (Å²) in [5.74, 6) is 0.651. The average Bonchev–Trinajstić information content (AvgIpc) is 2.78. The van der Waals surface area contributed by atoms with Crippen LogP contribution in [-0.4, -0.2) is 28.5 Å². The molecule has 0 heterocycles. The first-order valence-electron chi connectivity index (χ1n) is 10.3. The van der Waals surface area contributed by atoms with Crippen molar-refractivity contribution in [3.8, 4) is 11.5 Å². The number of carbonyl (C=O) groups excluding carboxylic acids is 1. The zero-order chi connectivity index (χ0) is 24.3. The zero-order valence-corrected chi connectivity index (χ0v) is 20.4. The van der Waals surface area contributed by atoms with Gasteiger partial charge in [-0.3, -0.25) is 9.52 Å².